The van der Waals surface area contributed by atoms with E-state index in [1.165, 1.54) is 24.8 Å². The van der Waals surface area contributed by atoms with E-state index in [2.05, 4.69) is 41.7 Å². The fourth-order valence-corrected chi connectivity index (χ4v) is 2.67. The number of aliphatic hydroxyl groups excluding tert-OH is 1. The van der Waals surface area contributed by atoms with Gasteiger partial charge in [-0.1, -0.05) is 55.3 Å². The van der Waals surface area contributed by atoms with Crippen LogP contribution in [0.3, 0.4) is 0 Å². The van der Waals surface area contributed by atoms with Crippen molar-refractivity contribution in [2.75, 3.05) is 13.2 Å². The van der Waals surface area contributed by atoms with Crippen molar-refractivity contribution < 1.29 is 5.11 Å². The first kappa shape index (κ1) is 13.3. The molecule has 2 unspecified atom stereocenters. The fourth-order valence-electron chi connectivity index (χ4n) is 2.67. The lowest BCUT2D eigenvalue weighted by Crippen LogP contribution is -2.40. The molecule has 2 nitrogen and oxygen atoms in total. The number of benzene rings is 1. The van der Waals surface area contributed by atoms with Crippen molar-refractivity contribution in [3.8, 4) is 0 Å². The van der Waals surface area contributed by atoms with Gasteiger partial charge >= 0.3 is 0 Å². The molecule has 0 amide bonds. The number of nitrogens with one attached hydrogen (secondary N) is 1. The Labute approximate surface area is 110 Å². The van der Waals surface area contributed by atoms with Crippen LogP contribution in [0.1, 0.15) is 31.2 Å². The third-order valence-corrected chi connectivity index (χ3v) is 3.75. The minimum absolute atomic E-state index is 0.320. The molecule has 1 aromatic carbocycles. The Morgan fingerprint density at radius 3 is 2.72 bits per heavy atom. The molecular weight excluding hydrogens is 222 g/mol. The average molecular weight is 245 g/mol. The topological polar surface area (TPSA) is 32.3 Å². The summed E-state index contributed by atoms with van der Waals surface area (Å²) in [5, 5.41) is 12.9. The Kier molecular flexibility index (Phi) is 5.43. The Hall–Kier alpha value is -1.12. The first-order chi connectivity index (χ1) is 8.90. The van der Waals surface area contributed by atoms with Gasteiger partial charge in [-0.2, -0.15) is 0 Å². The normalized spacial score (nSPS) is 24.5. The highest BCUT2D eigenvalue weighted by Crippen LogP contribution is 2.23. The lowest BCUT2D eigenvalue weighted by Gasteiger charge is -2.30. The SMILES string of the molecule is OCC1CCCCC1NCC=Cc1ccccc1. The molecule has 2 rings (SSSR count). The molecule has 1 aromatic rings. The van der Waals surface area contributed by atoms with Gasteiger partial charge in [0.2, 0.25) is 0 Å². The second-order valence-corrected chi connectivity index (χ2v) is 5.05. The van der Waals surface area contributed by atoms with Crippen molar-refractivity contribution in [3.63, 3.8) is 0 Å². The molecule has 18 heavy (non-hydrogen) atoms. The van der Waals surface area contributed by atoms with Crippen LogP contribution in [-0.4, -0.2) is 24.3 Å². The summed E-state index contributed by atoms with van der Waals surface area (Å²) in [5.74, 6) is 0.448. The second-order valence-electron chi connectivity index (χ2n) is 5.05. The van der Waals surface area contributed by atoms with E-state index in [4.69, 9.17) is 0 Å². The van der Waals surface area contributed by atoms with Gasteiger partial charge in [-0.15, -0.1) is 0 Å². The molecule has 0 aromatic heterocycles. The van der Waals surface area contributed by atoms with Crippen LogP contribution >= 0.6 is 0 Å². The van der Waals surface area contributed by atoms with E-state index >= 15 is 0 Å². The maximum Gasteiger partial charge on any atom is 0.0474 e. The number of rotatable bonds is 5. The van der Waals surface area contributed by atoms with Gasteiger partial charge in [0.25, 0.3) is 0 Å². The van der Waals surface area contributed by atoms with Gasteiger partial charge in [0.05, 0.1) is 0 Å². The van der Waals surface area contributed by atoms with Crippen LogP contribution in [0.2, 0.25) is 0 Å². The van der Waals surface area contributed by atoms with E-state index in [1.807, 2.05) is 6.07 Å². The van der Waals surface area contributed by atoms with Gasteiger partial charge in [0.15, 0.2) is 0 Å². The summed E-state index contributed by atoms with van der Waals surface area (Å²) >= 11 is 0. The van der Waals surface area contributed by atoms with Crippen molar-refractivity contribution in [3.05, 3.63) is 42.0 Å². The Bertz CT molecular complexity index is 361. The van der Waals surface area contributed by atoms with Crippen molar-refractivity contribution in [1.82, 2.24) is 5.32 Å². The van der Waals surface area contributed by atoms with Crippen LogP contribution in [0.5, 0.6) is 0 Å². The lowest BCUT2D eigenvalue weighted by molar-refractivity contribution is 0.155. The summed E-state index contributed by atoms with van der Waals surface area (Å²) in [6, 6.07) is 10.8. The monoisotopic (exact) mass is 245 g/mol. The largest absolute Gasteiger partial charge is 0.396 e. The Morgan fingerprint density at radius 2 is 1.94 bits per heavy atom. The van der Waals surface area contributed by atoms with E-state index in [9.17, 15) is 5.11 Å². The molecule has 0 saturated heterocycles. The summed E-state index contributed by atoms with van der Waals surface area (Å²) in [4.78, 5) is 0. The zero-order chi connectivity index (χ0) is 12.6. The zero-order valence-corrected chi connectivity index (χ0v) is 10.9. The highest BCUT2D eigenvalue weighted by atomic mass is 16.3. The van der Waals surface area contributed by atoms with E-state index in [0.29, 0.717) is 18.6 Å². The molecule has 2 heteroatoms. The maximum absolute atomic E-state index is 9.34. The van der Waals surface area contributed by atoms with Crippen molar-refractivity contribution >= 4 is 6.08 Å². The van der Waals surface area contributed by atoms with Gasteiger partial charge < -0.3 is 10.4 Å². The molecule has 0 aliphatic heterocycles. The molecule has 0 radical (unpaired) electrons. The van der Waals surface area contributed by atoms with Crippen LogP contribution < -0.4 is 5.32 Å². The zero-order valence-electron chi connectivity index (χ0n) is 10.9. The molecule has 1 aliphatic carbocycles. The number of hydrogen-bond acceptors (Lipinski definition) is 2. The summed E-state index contributed by atoms with van der Waals surface area (Å²) < 4.78 is 0. The smallest absolute Gasteiger partial charge is 0.0474 e. The van der Waals surface area contributed by atoms with Crippen molar-refractivity contribution in [2.24, 2.45) is 5.92 Å². The van der Waals surface area contributed by atoms with Crippen molar-refractivity contribution in [1.29, 1.82) is 0 Å². The quantitative estimate of drug-likeness (QED) is 0.836. The first-order valence-corrected chi connectivity index (χ1v) is 6.96. The maximum atomic E-state index is 9.34. The molecule has 2 N–H and O–H groups in total. The standard InChI is InChI=1S/C16H23NO/c18-13-15-10-4-5-11-16(15)17-12-6-9-14-7-2-1-3-8-14/h1-3,6-9,15-18H,4-5,10-13H2. The molecule has 2 atom stereocenters. The van der Waals surface area contributed by atoms with E-state index in [-0.39, 0.29) is 0 Å². The van der Waals surface area contributed by atoms with Crippen LogP contribution in [0.4, 0.5) is 0 Å². The van der Waals surface area contributed by atoms with E-state index in [1.54, 1.807) is 0 Å². The van der Waals surface area contributed by atoms with Gasteiger partial charge in [0, 0.05) is 19.2 Å². The fraction of sp³-hybridized carbons (Fsp3) is 0.500. The summed E-state index contributed by atoms with van der Waals surface area (Å²) in [6.45, 7) is 1.20. The van der Waals surface area contributed by atoms with Crippen LogP contribution in [-0.2, 0) is 0 Å². The average Bonchev–Trinajstić information content (AvgIpc) is 2.45. The minimum atomic E-state index is 0.320. The highest BCUT2D eigenvalue weighted by molar-refractivity contribution is 5.48. The minimum Gasteiger partial charge on any atom is -0.396 e. The summed E-state index contributed by atoms with van der Waals surface area (Å²) in [7, 11) is 0. The third-order valence-electron chi connectivity index (χ3n) is 3.75. The molecule has 1 saturated carbocycles. The van der Waals surface area contributed by atoms with Crippen LogP contribution in [0, 0.1) is 5.92 Å². The summed E-state index contributed by atoms with van der Waals surface area (Å²) in [6.07, 6.45) is 9.23. The number of hydrogen-bond donors (Lipinski definition) is 2. The van der Waals surface area contributed by atoms with E-state index in [0.717, 1.165) is 13.0 Å². The Morgan fingerprint density at radius 1 is 1.17 bits per heavy atom. The molecular formula is C16H23NO. The van der Waals surface area contributed by atoms with Crippen LogP contribution in [0.25, 0.3) is 6.08 Å². The molecule has 1 fully saturated rings. The van der Waals surface area contributed by atoms with Gasteiger partial charge in [-0.25, -0.2) is 0 Å². The van der Waals surface area contributed by atoms with E-state index < -0.39 is 0 Å². The van der Waals surface area contributed by atoms with Crippen LogP contribution in [0.15, 0.2) is 36.4 Å². The molecule has 98 valence electrons. The second kappa shape index (κ2) is 7.34. The predicted octanol–water partition coefficient (Wildman–Crippen LogP) is 2.84. The Balaban J connectivity index is 1.76. The summed E-state index contributed by atoms with van der Waals surface area (Å²) in [5.41, 5.74) is 1.24. The van der Waals surface area contributed by atoms with Crippen molar-refractivity contribution in [2.45, 2.75) is 31.7 Å². The third kappa shape index (κ3) is 3.97. The highest BCUT2D eigenvalue weighted by Gasteiger charge is 2.23. The van der Waals surface area contributed by atoms with Gasteiger partial charge in [0.1, 0.15) is 0 Å². The first-order valence-electron chi connectivity index (χ1n) is 6.96. The molecule has 1 aliphatic rings. The molecule has 0 heterocycles. The van der Waals surface area contributed by atoms with Gasteiger partial charge in [-0.3, -0.25) is 0 Å². The number of aliphatic hydroxyl groups is 1. The van der Waals surface area contributed by atoms with Gasteiger partial charge in [-0.05, 0) is 24.3 Å². The lowest BCUT2D eigenvalue weighted by atomic mass is 9.85. The molecule has 0 spiro atoms. The molecule has 0 bridgehead atoms. The predicted molar refractivity (Wildman–Crippen MR) is 76.3 cm³/mol.